The molecule has 2 heteroatoms. The highest BCUT2D eigenvalue weighted by atomic mass is 16.2. The van der Waals surface area contributed by atoms with Gasteiger partial charge in [-0.05, 0) is 37.7 Å². The molecule has 1 aromatic carbocycles. The summed E-state index contributed by atoms with van der Waals surface area (Å²) in [6.07, 6.45) is 4.28. The Hall–Kier alpha value is -1.57. The highest BCUT2D eigenvalue weighted by molar-refractivity contribution is 5.80. The minimum absolute atomic E-state index is 0.172. The topological polar surface area (TPSA) is 20.3 Å². The number of fused-ring (bicyclic) bond motifs is 1. The Morgan fingerprint density at radius 3 is 2.71 bits per heavy atom. The standard InChI is InChI=1S/C19H25NO/c1-14-8-7-11-19(3)15(2)12-17(21)20(18(14)19)13-16-9-5-4-6-10-16/h4-6,9-10,15H,7-8,11-13H2,1-3H3/t15-,19+/m0/s1. The van der Waals surface area contributed by atoms with Gasteiger partial charge in [-0.1, -0.05) is 49.8 Å². The number of hydrogen-bond acceptors (Lipinski definition) is 1. The van der Waals surface area contributed by atoms with Gasteiger partial charge in [0.2, 0.25) is 5.91 Å². The van der Waals surface area contributed by atoms with Crippen LogP contribution in [0.3, 0.4) is 0 Å². The van der Waals surface area contributed by atoms with Crippen molar-refractivity contribution in [1.29, 1.82) is 0 Å². The van der Waals surface area contributed by atoms with Crippen LogP contribution >= 0.6 is 0 Å². The van der Waals surface area contributed by atoms with Gasteiger partial charge in [-0.15, -0.1) is 0 Å². The molecule has 3 rings (SSSR count). The van der Waals surface area contributed by atoms with Gasteiger partial charge in [-0.3, -0.25) is 4.79 Å². The maximum atomic E-state index is 12.6. The fourth-order valence-corrected chi connectivity index (χ4v) is 4.12. The lowest BCUT2D eigenvalue weighted by molar-refractivity contribution is -0.137. The van der Waals surface area contributed by atoms with Crippen LogP contribution in [0.2, 0.25) is 0 Å². The van der Waals surface area contributed by atoms with E-state index in [0.29, 0.717) is 24.8 Å². The second-order valence-electron chi connectivity index (χ2n) is 6.97. The first-order chi connectivity index (χ1) is 10.0. The smallest absolute Gasteiger partial charge is 0.227 e. The number of carbonyl (C=O) groups excluding carboxylic acids is 1. The Morgan fingerprint density at radius 1 is 1.29 bits per heavy atom. The Bertz CT molecular complexity index is 574. The zero-order valence-corrected chi connectivity index (χ0v) is 13.4. The number of hydrogen-bond donors (Lipinski definition) is 0. The first-order valence-electron chi connectivity index (χ1n) is 8.07. The number of benzene rings is 1. The monoisotopic (exact) mass is 283 g/mol. The average molecular weight is 283 g/mol. The maximum Gasteiger partial charge on any atom is 0.227 e. The third kappa shape index (κ3) is 2.41. The quantitative estimate of drug-likeness (QED) is 0.781. The van der Waals surface area contributed by atoms with Crippen molar-refractivity contribution in [2.75, 3.05) is 0 Å². The van der Waals surface area contributed by atoms with E-state index in [9.17, 15) is 4.79 Å². The molecule has 2 nitrogen and oxygen atoms in total. The summed E-state index contributed by atoms with van der Waals surface area (Å²) in [7, 11) is 0. The van der Waals surface area contributed by atoms with Crippen LogP contribution in [0, 0.1) is 11.3 Å². The van der Waals surface area contributed by atoms with Crippen molar-refractivity contribution in [3.05, 3.63) is 47.2 Å². The van der Waals surface area contributed by atoms with Crippen LogP contribution in [0.25, 0.3) is 0 Å². The molecule has 112 valence electrons. The highest BCUT2D eigenvalue weighted by Crippen LogP contribution is 2.51. The van der Waals surface area contributed by atoms with E-state index in [1.807, 2.05) is 18.2 Å². The minimum atomic E-state index is 0.172. The summed E-state index contributed by atoms with van der Waals surface area (Å²) in [6.45, 7) is 7.54. The molecular weight excluding hydrogens is 258 g/mol. The summed E-state index contributed by atoms with van der Waals surface area (Å²) in [5, 5.41) is 0. The first kappa shape index (κ1) is 14.4. The molecule has 1 saturated heterocycles. The fraction of sp³-hybridized carbons (Fsp3) is 0.526. The Kier molecular flexibility index (Phi) is 3.64. The number of carbonyl (C=O) groups is 1. The second kappa shape index (κ2) is 5.32. The van der Waals surface area contributed by atoms with Crippen LogP contribution in [0.15, 0.2) is 41.6 Å². The lowest BCUT2D eigenvalue weighted by Gasteiger charge is -2.50. The summed E-state index contributed by atoms with van der Waals surface area (Å²) >= 11 is 0. The number of allylic oxidation sites excluding steroid dienone is 2. The van der Waals surface area contributed by atoms with Gasteiger partial charge in [0.05, 0.1) is 6.54 Å². The predicted molar refractivity (Wildman–Crippen MR) is 85.4 cm³/mol. The zero-order chi connectivity index (χ0) is 15.0. The average Bonchev–Trinajstić information content (AvgIpc) is 2.45. The van der Waals surface area contributed by atoms with E-state index in [4.69, 9.17) is 0 Å². The van der Waals surface area contributed by atoms with Crippen LogP contribution in [0.4, 0.5) is 0 Å². The van der Waals surface area contributed by atoms with Gasteiger partial charge in [0.25, 0.3) is 0 Å². The first-order valence-corrected chi connectivity index (χ1v) is 8.07. The molecule has 0 spiro atoms. The number of piperidine rings is 1. The lowest BCUT2D eigenvalue weighted by Crippen LogP contribution is -2.48. The van der Waals surface area contributed by atoms with Gasteiger partial charge in [-0.25, -0.2) is 0 Å². The SMILES string of the molecule is CC1=C2N(Cc3ccccc3)C(=O)C[C@H](C)[C@@]2(C)CCC1. The molecule has 2 aliphatic rings. The number of amides is 1. The van der Waals surface area contributed by atoms with Gasteiger partial charge in [-0.2, -0.15) is 0 Å². The molecule has 0 unspecified atom stereocenters. The van der Waals surface area contributed by atoms with Gasteiger partial charge in [0.1, 0.15) is 0 Å². The van der Waals surface area contributed by atoms with Crippen LogP contribution in [-0.2, 0) is 11.3 Å². The third-order valence-electron chi connectivity index (χ3n) is 5.52. The summed E-state index contributed by atoms with van der Waals surface area (Å²) in [5.41, 5.74) is 4.12. The largest absolute Gasteiger partial charge is 0.311 e. The van der Waals surface area contributed by atoms with Crippen LogP contribution in [0.1, 0.15) is 52.0 Å². The van der Waals surface area contributed by atoms with E-state index in [0.717, 1.165) is 6.42 Å². The second-order valence-corrected chi connectivity index (χ2v) is 6.97. The lowest BCUT2D eigenvalue weighted by atomic mass is 9.64. The van der Waals surface area contributed by atoms with E-state index in [1.165, 1.54) is 29.7 Å². The predicted octanol–water partition coefficient (Wildman–Crippen LogP) is 4.52. The molecule has 0 N–H and O–H groups in total. The molecular formula is C19H25NO. The highest BCUT2D eigenvalue weighted by Gasteiger charge is 2.46. The molecule has 1 amide bonds. The van der Waals surface area contributed by atoms with Gasteiger partial charge in [0.15, 0.2) is 0 Å². The van der Waals surface area contributed by atoms with Crippen LogP contribution < -0.4 is 0 Å². The van der Waals surface area contributed by atoms with E-state index in [2.05, 4.69) is 37.8 Å². The summed E-state index contributed by atoms with van der Waals surface area (Å²) in [6, 6.07) is 10.4. The number of rotatable bonds is 2. The van der Waals surface area contributed by atoms with E-state index in [-0.39, 0.29) is 5.41 Å². The van der Waals surface area contributed by atoms with E-state index < -0.39 is 0 Å². The van der Waals surface area contributed by atoms with Crippen molar-refractivity contribution in [2.24, 2.45) is 11.3 Å². The third-order valence-corrected chi connectivity index (χ3v) is 5.52. The van der Waals surface area contributed by atoms with Crippen molar-refractivity contribution in [1.82, 2.24) is 4.90 Å². The van der Waals surface area contributed by atoms with E-state index >= 15 is 0 Å². The molecule has 0 saturated carbocycles. The van der Waals surface area contributed by atoms with Crippen molar-refractivity contribution >= 4 is 5.91 Å². The molecule has 1 aromatic rings. The summed E-state index contributed by atoms with van der Waals surface area (Å²) in [4.78, 5) is 14.7. The normalized spacial score (nSPS) is 29.6. The van der Waals surface area contributed by atoms with E-state index in [1.54, 1.807) is 0 Å². The van der Waals surface area contributed by atoms with Crippen LogP contribution in [-0.4, -0.2) is 10.8 Å². The Labute approximate surface area is 127 Å². The van der Waals surface area contributed by atoms with Crippen molar-refractivity contribution in [3.63, 3.8) is 0 Å². The van der Waals surface area contributed by atoms with Crippen molar-refractivity contribution in [3.8, 4) is 0 Å². The minimum Gasteiger partial charge on any atom is -0.311 e. The zero-order valence-electron chi connectivity index (χ0n) is 13.4. The molecule has 1 aliphatic heterocycles. The molecule has 1 heterocycles. The summed E-state index contributed by atoms with van der Waals surface area (Å²) in [5.74, 6) is 0.738. The fourth-order valence-electron chi connectivity index (χ4n) is 4.12. The molecule has 0 aromatic heterocycles. The van der Waals surface area contributed by atoms with Crippen molar-refractivity contribution < 1.29 is 4.79 Å². The number of nitrogens with zero attached hydrogens (tertiary/aromatic N) is 1. The Balaban J connectivity index is 2.00. The molecule has 0 bridgehead atoms. The van der Waals surface area contributed by atoms with Gasteiger partial charge in [0, 0.05) is 17.5 Å². The summed E-state index contributed by atoms with van der Waals surface area (Å²) < 4.78 is 0. The number of likely N-dealkylation sites (tertiary alicyclic amines) is 1. The van der Waals surface area contributed by atoms with Gasteiger partial charge >= 0.3 is 0 Å². The maximum absolute atomic E-state index is 12.6. The molecule has 0 radical (unpaired) electrons. The van der Waals surface area contributed by atoms with Gasteiger partial charge < -0.3 is 4.90 Å². The molecule has 2 atom stereocenters. The van der Waals surface area contributed by atoms with Crippen LogP contribution in [0.5, 0.6) is 0 Å². The Morgan fingerprint density at radius 2 is 2.00 bits per heavy atom. The molecule has 1 aliphatic carbocycles. The molecule has 21 heavy (non-hydrogen) atoms. The van der Waals surface area contributed by atoms with Crippen molar-refractivity contribution in [2.45, 2.75) is 53.0 Å². The molecule has 1 fully saturated rings.